The van der Waals surface area contributed by atoms with E-state index in [1.54, 1.807) is 31.4 Å². The van der Waals surface area contributed by atoms with Crippen LogP contribution in [-0.2, 0) is 9.53 Å². The first-order chi connectivity index (χ1) is 11.2. The predicted octanol–water partition coefficient (Wildman–Crippen LogP) is 3.95. The Morgan fingerprint density at radius 1 is 1.22 bits per heavy atom. The standard InChI is InChI=1S/C17H12BrNO4/c1-21-13-8-3-2-5-11(13)6-4-7-12-17(20)23-16(19-12)14-9-10-15(18)22-14/h2-10H,1H3/b6-4+,12-7-. The van der Waals surface area contributed by atoms with Crippen LogP contribution in [0.2, 0.25) is 0 Å². The Labute approximate surface area is 141 Å². The minimum absolute atomic E-state index is 0.151. The molecule has 0 atom stereocenters. The van der Waals surface area contributed by atoms with E-state index in [1.807, 2.05) is 30.3 Å². The molecule has 23 heavy (non-hydrogen) atoms. The van der Waals surface area contributed by atoms with Crippen molar-refractivity contribution in [2.45, 2.75) is 0 Å². The van der Waals surface area contributed by atoms with Crippen molar-refractivity contribution in [3.05, 3.63) is 70.2 Å². The van der Waals surface area contributed by atoms with E-state index >= 15 is 0 Å². The van der Waals surface area contributed by atoms with Crippen LogP contribution in [0.3, 0.4) is 0 Å². The third-order valence-electron chi connectivity index (χ3n) is 3.07. The van der Waals surface area contributed by atoms with Crippen LogP contribution in [0.15, 0.2) is 68.3 Å². The van der Waals surface area contributed by atoms with Crippen LogP contribution in [0.5, 0.6) is 5.75 Å². The largest absolute Gasteiger partial charge is 0.496 e. The maximum atomic E-state index is 11.8. The highest BCUT2D eigenvalue weighted by atomic mass is 79.9. The van der Waals surface area contributed by atoms with E-state index < -0.39 is 5.97 Å². The molecule has 0 fully saturated rings. The van der Waals surface area contributed by atoms with Gasteiger partial charge in [0.25, 0.3) is 5.90 Å². The Balaban J connectivity index is 1.81. The number of halogens is 1. The van der Waals surface area contributed by atoms with E-state index in [9.17, 15) is 4.79 Å². The molecule has 0 amide bonds. The zero-order chi connectivity index (χ0) is 16.2. The van der Waals surface area contributed by atoms with Crippen molar-refractivity contribution < 1.29 is 18.7 Å². The smallest absolute Gasteiger partial charge is 0.363 e. The molecule has 0 aliphatic carbocycles. The normalized spacial score (nSPS) is 16.0. The second-order valence-corrected chi connectivity index (χ2v) is 5.34. The lowest BCUT2D eigenvalue weighted by molar-refractivity contribution is -0.130. The van der Waals surface area contributed by atoms with E-state index in [4.69, 9.17) is 13.9 Å². The Kier molecular flexibility index (Phi) is 4.43. The molecule has 1 aliphatic heterocycles. The number of esters is 1. The van der Waals surface area contributed by atoms with Crippen molar-refractivity contribution in [3.8, 4) is 5.75 Å². The molecule has 2 aromatic rings. The lowest BCUT2D eigenvalue weighted by Gasteiger charge is -2.02. The van der Waals surface area contributed by atoms with Gasteiger partial charge in [-0.1, -0.05) is 30.4 Å². The number of rotatable bonds is 4. The maximum Gasteiger partial charge on any atom is 0.363 e. The highest BCUT2D eigenvalue weighted by Crippen LogP contribution is 2.22. The molecule has 5 nitrogen and oxygen atoms in total. The molecule has 0 radical (unpaired) electrons. The number of aliphatic imine (C=N–C) groups is 1. The number of cyclic esters (lactones) is 1. The van der Waals surface area contributed by atoms with Gasteiger partial charge in [0.05, 0.1) is 7.11 Å². The van der Waals surface area contributed by atoms with Crippen LogP contribution < -0.4 is 4.74 Å². The Hall–Kier alpha value is -2.60. The summed E-state index contributed by atoms with van der Waals surface area (Å²) in [6.45, 7) is 0. The van der Waals surface area contributed by atoms with Gasteiger partial charge < -0.3 is 13.9 Å². The first kappa shape index (κ1) is 15.3. The van der Waals surface area contributed by atoms with Crippen molar-refractivity contribution >= 4 is 33.9 Å². The summed E-state index contributed by atoms with van der Waals surface area (Å²) in [5.74, 6) is 0.776. The average molecular weight is 374 g/mol. The maximum absolute atomic E-state index is 11.8. The fourth-order valence-electron chi connectivity index (χ4n) is 2.00. The number of hydrogen-bond donors (Lipinski definition) is 0. The summed E-state index contributed by atoms with van der Waals surface area (Å²) in [4.78, 5) is 15.9. The van der Waals surface area contributed by atoms with E-state index in [-0.39, 0.29) is 11.6 Å². The van der Waals surface area contributed by atoms with Gasteiger partial charge in [-0.2, -0.15) is 0 Å². The summed E-state index contributed by atoms with van der Waals surface area (Å²) in [6.07, 6.45) is 5.13. The molecule has 1 aromatic carbocycles. The van der Waals surface area contributed by atoms with Crippen molar-refractivity contribution in [1.29, 1.82) is 0 Å². The van der Waals surface area contributed by atoms with Gasteiger partial charge in [0, 0.05) is 5.56 Å². The quantitative estimate of drug-likeness (QED) is 0.601. The number of carbonyl (C=O) groups excluding carboxylic acids is 1. The number of hydrogen-bond acceptors (Lipinski definition) is 5. The summed E-state index contributed by atoms with van der Waals surface area (Å²) >= 11 is 3.19. The zero-order valence-corrected chi connectivity index (χ0v) is 13.7. The molecule has 1 aliphatic rings. The Bertz CT molecular complexity index is 833. The fourth-order valence-corrected chi connectivity index (χ4v) is 2.31. The number of furan rings is 1. The van der Waals surface area contributed by atoms with Crippen molar-refractivity contribution in [2.24, 2.45) is 4.99 Å². The topological polar surface area (TPSA) is 61.0 Å². The van der Waals surface area contributed by atoms with Crippen LogP contribution in [0, 0.1) is 0 Å². The molecule has 0 spiro atoms. The van der Waals surface area contributed by atoms with Crippen LogP contribution in [0.4, 0.5) is 0 Å². The molecule has 0 saturated carbocycles. The van der Waals surface area contributed by atoms with E-state index in [0.717, 1.165) is 11.3 Å². The molecule has 2 heterocycles. The van der Waals surface area contributed by atoms with Gasteiger partial charge in [-0.3, -0.25) is 0 Å². The second-order valence-electron chi connectivity index (χ2n) is 4.56. The second kappa shape index (κ2) is 6.66. The number of benzene rings is 1. The molecule has 1 aromatic heterocycles. The Morgan fingerprint density at radius 3 is 2.78 bits per heavy atom. The number of para-hydroxylation sites is 1. The van der Waals surface area contributed by atoms with Gasteiger partial charge in [0.1, 0.15) is 5.75 Å². The third-order valence-corrected chi connectivity index (χ3v) is 3.50. The summed E-state index contributed by atoms with van der Waals surface area (Å²) < 4.78 is 16.2. The van der Waals surface area contributed by atoms with Crippen molar-refractivity contribution in [3.63, 3.8) is 0 Å². The van der Waals surface area contributed by atoms with Crippen molar-refractivity contribution in [1.82, 2.24) is 0 Å². The minimum Gasteiger partial charge on any atom is -0.496 e. The van der Waals surface area contributed by atoms with E-state index in [0.29, 0.717) is 10.4 Å². The molecular weight excluding hydrogens is 362 g/mol. The zero-order valence-electron chi connectivity index (χ0n) is 12.2. The molecule has 0 bridgehead atoms. The number of ether oxygens (including phenoxy) is 2. The summed E-state index contributed by atoms with van der Waals surface area (Å²) in [6, 6.07) is 10.9. The first-order valence-electron chi connectivity index (χ1n) is 6.75. The average Bonchev–Trinajstić information content (AvgIpc) is 3.14. The van der Waals surface area contributed by atoms with Crippen LogP contribution in [0.25, 0.3) is 6.08 Å². The first-order valence-corrected chi connectivity index (χ1v) is 7.54. The predicted molar refractivity (Wildman–Crippen MR) is 89.1 cm³/mol. The number of carbonyl (C=O) groups is 1. The summed E-state index contributed by atoms with van der Waals surface area (Å²) in [7, 11) is 1.61. The highest BCUT2D eigenvalue weighted by Gasteiger charge is 2.25. The molecule has 3 rings (SSSR count). The van der Waals surface area contributed by atoms with Crippen molar-refractivity contribution in [2.75, 3.05) is 7.11 Å². The highest BCUT2D eigenvalue weighted by molar-refractivity contribution is 9.10. The molecule has 0 unspecified atom stereocenters. The Morgan fingerprint density at radius 2 is 2.04 bits per heavy atom. The number of nitrogens with zero attached hydrogens (tertiary/aromatic N) is 1. The van der Waals surface area contributed by atoms with Gasteiger partial charge in [-0.15, -0.1) is 0 Å². The monoisotopic (exact) mass is 373 g/mol. The summed E-state index contributed by atoms with van der Waals surface area (Å²) in [5.41, 5.74) is 1.11. The van der Waals surface area contributed by atoms with Crippen LogP contribution in [-0.4, -0.2) is 19.0 Å². The van der Waals surface area contributed by atoms with Crippen LogP contribution >= 0.6 is 15.9 Å². The molecule has 0 saturated heterocycles. The third kappa shape index (κ3) is 3.43. The molecule has 0 N–H and O–H groups in total. The van der Waals surface area contributed by atoms with E-state index in [2.05, 4.69) is 20.9 Å². The lowest BCUT2D eigenvalue weighted by atomic mass is 10.2. The van der Waals surface area contributed by atoms with Gasteiger partial charge in [-0.05, 0) is 40.2 Å². The van der Waals surface area contributed by atoms with Crippen LogP contribution in [0.1, 0.15) is 11.3 Å². The number of allylic oxidation sites excluding steroid dienone is 2. The fraction of sp³-hybridized carbons (Fsp3) is 0.0588. The van der Waals surface area contributed by atoms with E-state index in [1.165, 1.54) is 0 Å². The van der Waals surface area contributed by atoms with Gasteiger partial charge >= 0.3 is 5.97 Å². The number of methoxy groups -OCH3 is 1. The van der Waals surface area contributed by atoms with Gasteiger partial charge in [0.2, 0.25) is 0 Å². The molecular formula is C17H12BrNO4. The minimum atomic E-state index is -0.516. The molecule has 116 valence electrons. The molecule has 6 heteroatoms. The summed E-state index contributed by atoms with van der Waals surface area (Å²) in [5, 5.41) is 0. The van der Waals surface area contributed by atoms with Gasteiger partial charge in [-0.25, -0.2) is 9.79 Å². The lowest BCUT2D eigenvalue weighted by Crippen LogP contribution is -2.04. The SMILES string of the molecule is COc1ccccc1/C=C/C=C1\N=C(c2ccc(Br)o2)OC1=O. The van der Waals surface area contributed by atoms with Gasteiger partial charge in [0.15, 0.2) is 16.1 Å².